The first-order valence-corrected chi connectivity index (χ1v) is 16.9. The Kier molecular flexibility index (Phi) is 9.44. The fraction of sp³-hybridized carbons (Fsp3) is 0.171. The van der Waals surface area contributed by atoms with E-state index in [4.69, 9.17) is 19.2 Å². The second kappa shape index (κ2) is 13.8. The number of thiazole rings is 1. The summed E-state index contributed by atoms with van der Waals surface area (Å²) in [6.45, 7) is 4.74. The van der Waals surface area contributed by atoms with Crippen LogP contribution in [0.4, 0.5) is 0 Å². The van der Waals surface area contributed by atoms with Crippen molar-refractivity contribution < 1.29 is 19.0 Å². The van der Waals surface area contributed by atoms with Gasteiger partial charge in [-0.1, -0.05) is 81.9 Å². The van der Waals surface area contributed by atoms with Crippen LogP contribution in [0, 0.1) is 0 Å². The zero-order chi connectivity index (χ0) is 31.3. The molecule has 1 atom stereocenters. The van der Waals surface area contributed by atoms with Gasteiger partial charge in [-0.25, -0.2) is 9.79 Å². The van der Waals surface area contributed by atoms with E-state index < -0.39 is 12.0 Å². The highest BCUT2D eigenvalue weighted by atomic mass is 79.9. The van der Waals surface area contributed by atoms with Gasteiger partial charge in [-0.2, -0.15) is 0 Å². The lowest BCUT2D eigenvalue weighted by atomic mass is 9.97. The highest BCUT2D eigenvalue weighted by molar-refractivity contribution is 9.10. The lowest BCUT2D eigenvalue weighted by Crippen LogP contribution is -2.39. The van der Waals surface area contributed by atoms with Crippen LogP contribution in [0.2, 0.25) is 0 Å². The number of esters is 1. The maximum absolute atomic E-state index is 14.1. The summed E-state index contributed by atoms with van der Waals surface area (Å²) in [4.78, 5) is 33.9. The molecule has 0 unspecified atom stereocenters. The van der Waals surface area contributed by atoms with E-state index >= 15 is 0 Å². The molecular formula is C35H29BrN2O5S2. The van der Waals surface area contributed by atoms with Gasteiger partial charge >= 0.3 is 5.97 Å². The molecule has 3 aromatic carbocycles. The molecule has 0 fully saturated rings. The summed E-state index contributed by atoms with van der Waals surface area (Å²) in [6.07, 6.45) is 1.83. The molecule has 0 saturated heterocycles. The molecule has 3 heterocycles. The Morgan fingerprint density at radius 1 is 0.956 bits per heavy atom. The van der Waals surface area contributed by atoms with Gasteiger partial charge in [0, 0.05) is 14.9 Å². The van der Waals surface area contributed by atoms with Gasteiger partial charge in [-0.3, -0.25) is 9.36 Å². The minimum atomic E-state index is -0.675. The number of nitrogens with zero attached hydrogens (tertiary/aromatic N) is 2. The summed E-state index contributed by atoms with van der Waals surface area (Å²) in [5, 5.41) is 1.94. The number of benzene rings is 3. The van der Waals surface area contributed by atoms with Crippen molar-refractivity contribution in [2.75, 3.05) is 13.2 Å². The molecule has 0 bridgehead atoms. The number of ether oxygens (including phenoxy) is 3. The third-order valence-corrected chi connectivity index (χ3v) is 9.50. The number of hydrogen-bond acceptors (Lipinski definition) is 8. The highest BCUT2D eigenvalue weighted by Crippen LogP contribution is 2.37. The molecule has 0 saturated carbocycles. The summed E-state index contributed by atoms with van der Waals surface area (Å²) < 4.78 is 20.6. The number of rotatable bonds is 10. The molecular weight excluding hydrogens is 672 g/mol. The third kappa shape index (κ3) is 6.58. The highest BCUT2D eigenvalue weighted by Gasteiger charge is 2.35. The monoisotopic (exact) mass is 700 g/mol. The summed E-state index contributed by atoms with van der Waals surface area (Å²) in [5.74, 6) is 0.707. The van der Waals surface area contributed by atoms with E-state index in [2.05, 4.69) is 15.9 Å². The second-order valence-corrected chi connectivity index (χ2v) is 12.9. The van der Waals surface area contributed by atoms with E-state index in [-0.39, 0.29) is 12.2 Å². The summed E-state index contributed by atoms with van der Waals surface area (Å²) >= 11 is 6.23. The Labute approximate surface area is 276 Å². The molecule has 45 heavy (non-hydrogen) atoms. The Hall–Kier alpha value is -4.25. The number of halogens is 1. The first kappa shape index (κ1) is 30.8. The van der Waals surface area contributed by atoms with Crippen LogP contribution in [-0.4, -0.2) is 23.8 Å². The molecule has 7 nitrogen and oxygen atoms in total. The minimum absolute atomic E-state index is 0.205. The van der Waals surface area contributed by atoms with Gasteiger partial charge in [0.05, 0.1) is 29.0 Å². The number of carbonyl (C=O) groups is 1. The van der Waals surface area contributed by atoms with Gasteiger partial charge < -0.3 is 14.2 Å². The Morgan fingerprint density at radius 3 is 2.47 bits per heavy atom. The molecule has 5 aromatic rings. The van der Waals surface area contributed by atoms with Gasteiger partial charge in [0.25, 0.3) is 5.56 Å². The number of aromatic nitrogens is 1. The Bertz CT molecular complexity index is 2030. The average molecular weight is 702 g/mol. The van der Waals surface area contributed by atoms with Gasteiger partial charge in [-0.15, -0.1) is 11.3 Å². The quantitative estimate of drug-likeness (QED) is 0.151. The maximum atomic E-state index is 14.1. The van der Waals surface area contributed by atoms with Gasteiger partial charge in [0.1, 0.15) is 12.6 Å². The van der Waals surface area contributed by atoms with Crippen LogP contribution < -0.4 is 24.4 Å². The summed E-state index contributed by atoms with van der Waals surface area (Å²) in [7, 11) is 0. The number of hydrogen-bond donors (Lipinski definition) is 0. The van der Waals surface area contributed by atoms with Crippen LogP contribution in [0.15, 0.2) is 110 Å². The molecule has 0 spiro atoms. The molecule has 6 rings (SSSR count). The van der Waals surface area contributed by atoms with Crippen molar-refractivity contribution in [1.82, 2.24) is 4.57 Å². The predicted octanol–water partition coefficient (Wildman–Crippen LogP) is 6.74. The lowest BCUT2D eigenvalue weighted by molar-refractivity contribution is -0.138. The summed E-state index contributed by atoms with van der Waals surface area (Å²) in [5.41, 5.74) is 3.20. The fourth-order valence-corrected chi connectivity index (χ4v) is 7.14. The standard InChI is InChI=1S/C35H29BrN2O5S2/c1-3-41-27-19-23(14-17-26(27)43-21-22-12-15-25(36)16-13-22)20-29-33(39)38-32(28-11-8-18-44-28)30(34(40)42-4-2)31(37-35(38)45-29)24-9-6-5-7-10-24/h5-20,32H,3-4,21H2,1-2H3/b29-20-/t32-/m0/s1. The van der Waals surface area contributed by atoms with Gasteiger partial charge in [0.2, 0.25) is 0 Å². The zero-order valence-electron chi connectivity index (χ0n) is 24.6. The van der Waals surface area contributed by atoms with Crippen molar-refractivity contribution in [3.8, 4) is 11.5 Å². The van der Waals surface area contributed by atoms with Crippen LogP contribution in [0.1, 0.15) is 41.5 Å². The average Bonchev–Trinajstić information content (AvgIpc) is 3.70. The van der Waals surface area contributed by atoms with Crippen molar-refractivity contribution in [2.45, 2.75) is 26.5 Å². The van der Waals surface area contributed by atoms with E-state index in [0.717, 1.165) is 26.0 Å². The van der Waals surface area contributed by atoms with Crippen LogP contribution in [0.3, 0.4) is 0 Å². The van der Waals surface area contributed by atoms with Crippen molar-refractivity contribution in [2.24, 2.45) is 4.99 Å². The molecule has 0 amide bonds. The predicted molar refractivity (Wildman–Crippen MR) is 181 cm³/mol. The molecule has 0 aliphatic carbocycles. The molecule has 0 radical (unpaired) electrons. The van der Waals surface area contributed by atoms with Crippen LogP contribution >= 0.6 is 38.6 Å². The Morgan fingerprint density at radius 2 is 1.76 bits per heavy atom. The van der Waals surface area contributed by atoms with Crippen molar-refractivity contribution in [3.05, 3.63) is 142 Å². The van der Waals surface area contributed by atoms with Crippen molar-refractivity contribution >= 4 is 56.3 Å². The molecule has 228 valence electrons. The minimum Gasteiger partial charge on any atom is -0.490 e. The second-order valence-electron chi connectivity index (χ2n) is 10.0. The molecule has 0 N–H and O–H groups in total. The first-order chi connectivity index (χ1) is 22.0. The first-order valence-electron chi connectivity index (χ1n) is 14.4. The van der Waals surface area contributed by atoms with Gasteiger partial charge in [-0.05, 0) is 66.8 Å². The SMILES string of the molecule is CCOC(=O)C1=C(c2ccccc2)N=c2s/c(=C\c3ccc(OCc4ccc(Br)cc4)c(OCC)c3)c(=O)n2[C@H]1c1cccs1. The topological polar surface area (TPSA) is 79.1 Å². The lowest BCUT2D eigenvalue weighted by Gasteiger charge is -2.24. The molecule has 2 aromatic heterocycles. The third-order valence-electron chi connectivity index (χ3n) is 7.06. The molecule has 1 aliphatic rings. The van der Waals surface area contributed by atoms with Crippen molar-refractivity contribution in [1.29, 1.82) is 0 Å². The normalized spacial score (nSPS) is 14.6. The van der Waals surface area contributed by atoms with E-state index in [1.807, 2.05) is 103 Å². The van der Waals surface area contributed by atoms with Crippen LogP contribution in [0.25, 0.3) is 11.8 Å². The number of fused-ring (bicyclic) bond motifs is 1. The smallest absolute Gasteiger partial charge is 0.338 e. The largest absolute Gasteiger partial charge is 0.490 e. The van der Waals surface area contributed by atoms with E-state index in [9.17, 15) is 9.59 Å². The molecule has 1 aliphatic heterocycles. The molecule has 10 heteroatoms. The van der Waals surface area contributed by atoms with Crippen molar-refractivity contribution in [3.63, 3.8) is 0 Å². The van der Waals surface area contributed by atoms with Crippen LogP contribution in [-0.2, 0) is 16.1 Å². The Balaban J connectivity index is 1.44. The van der Waals surface area contributed by atoms with E-state index in [0.29, 0.717) is 45.3 Å². The van der Waals surface area contributed by atoms with E-state index in [1.54, 1.807) is 11.5 Å². The van der Waals surface area contributed by atoms with E-state index in [1.165, 1.54) is 22.7 Å². The number of thiophene rings is 1. The fourth-order valence-electron chi connectivity index (χ4n) is 5.05. The number of carbonyl (C=O) groups excluding carboxylic acids is 1. The van der Waals surface area contributed by atoms with Crippen LogP contribution in [0.5, 0.6) is 11.5 Å². The zero-order valence-corrected chi connectivity index (χ0v) is 27.8. The maximum Gasteiger partial charge on any atom is 0.338 e. The summed E-state index contributed by atoms with van der Waals surface area (Å²) in [6, 6.07) is 26.3. The van der Waals surface area contributed by atoms with Gasteiger partial charge in [0.15, 0.2) is 16.3 Å².